The van der Waals surface area contributed by atoms with Crippen molar-refractivity contribution in [2.45, 2.75) is 6.18 Å². The largest absolute Gasteiger partial charge is 0.394 e. The normalized spacial score (nSPS) is 26.7. The van der Waals surface area contributed by atoms with Crippen LogP contribution >= 0.6 is 0 Å². The van der Waals surface area contributed by atoms with Gasteiger partial charge in [-0.25, -0.2) is 0 Å². The fraction of sp³-hybridized carbons (Fsp3) is 0.600. The average molecular weight is 152 g/mol. The van der Waals surface area contributed by atoms with E-state index in [4.69, 9.17) is 0 Å². The minimum absolute atomic E-state index is 0.317. The molecule has 0 aliphatic carbocycles. The van der Waals surface area contributed by atoms with Gasteiger partial charge in [0.25, 0.3) is 0 Å². The molecule has 0 aromatic rings. The SMILES string of the molecule is O=C1[CH]C(C(F)(F)F)CN1. The third-order valence-corrected chi connectivity index (χ3v) is 1.27. The minimum Gasteiger partial charge on any atom is -0.355 e. The molecule has 1 heterocycles. The van der Waals surface area contributed by atoms with Crippen molar-refractivity contribution in [3.05, 3.63) is 6.42 Å². The van der Waals surface area contributed by atoms with Crippen LogP contribution in [0.2, 0.25) is 0 Å². The van der Waals surface area contributed by atoms with Gasteiger partial charge in [0.2, 0.25) is 5.91 Å². The summed E-state index contributed by atoms with van der Waals surface area (Å²) in [5, 5.41) is 2.06. The molecule has 0 saturated carbocycles. The van der Waals surface area contributed by atoms with Crippen LogP contribution in [0.3, 0.4) is 0 Å². The van der Waals surface area contributed by atoms with Gasteiger partial charge in [-0.05, 0) is 0 Å². The van der Waals surface area contributed by atoms with E-state index in [0.717, 1.165) is 0 Å². The lowest BCUT2D eigenvalue weighted by Crippen LogP contribution is -2.24. The Kier molecular flexibility index (Phi) is 1.58. The van der Waals surface area contributed by atoms with Crippen LogP contribution in [0.1, 0.15) is 0 Å². The van der Waals surface area contributed by atoms with Crippen molar-refractivity contribution in [2.75, 3.05) is 6.54 Å². The van der Waals surface area contributed by atoms with Crippen molar-refractivity contribution in [1.29, 1.82) is 0 Å². The van der Waals surface area contributed by atoms with Crippen LogP contribution < -0.4 is 5.32 Å². The highest BCUT2D eigenvalue weighted by atomic mass is 19.4. The Bertz CT molecular complexity index is 153. The topological polar surface area (TPSA) is 29.1 Å². The van der Waals surface area contributed by atoms with Crippen LogP contribution in [0.15, 0.2) is 0 Å². The molecule has 1 atom stereocenters. The molecule has 1 N–H and O–H groups in total. The average Bonchev–Trinajstić information content (AvgIpc) is 2.11. The lowest BCUT2D eigenvalue weighted by Gasteiger charge is -2.10. The molecule has 1 saturated heterocycles. The first-order valence-corrected chi connectivity index (χ1v) is 2.69. The van der Waals surface area contributed by atoms with E-state index in [1.165, 1.54) is 0 Å². The van der Waals surface area contributed by atoms with Gasteiger partial charge in [-0.2, -0.15) is 13.2 Å². The van der Waals surface area contributed by atoms with E-state index in [9.17, 15) is 18.0 Å². The second-order valence-corrected chi connectivity index (χ2v) is 2.06. The second kappa shape index (κ2) is 2.14. The van der Waals surface area contributed by atoms with Crippen molar-refractivity contribution in [1.82, 2.24) is 5.32 Å². The number of alkyl halides is 3. The predicted molar refractivity (Wildman–Crippen MR) is 26.9 cm³/mol. The first-order valence-electron chi connectivity index (χ1n) is 2.69. The standard InChI is InChI=1S/C5H5F3NO/c6-5(7,8)3-1-4(10)9-2-3/h1,3H,2H2,(H,9,10). The molecule has 1 amide bonds. The van der Waals surface area contributed by atoms with E-state index in [0.29, 0.717) is 6.42 Å². The molecule has 0 aromatic heterocycles. The fourth-order valence-corrected chi connectivity index (χ4v) is 0.721. The van der Waals surface area contributed by atoms with Gasteiger partial charge in [0.1, 0.15) is 0 Å². The van der Waals surface area contributed by atoms with Crippen molar-refractivity contribution in [3.63, 3.8) is 0 Å². The van der Waals surface area contributed by atoms with Crippen LogP contribution in [-0.2, 0) is 4.79 Å². The molecular weight excluding hydrogens is 147 g/mol. The summed E-state index contributed by atoms with van der Waals surface area (Å²) in [6.07, 6.45) is -3.63. The summed E-state index contributed by atoms with van der Waals surface area (Å²) in [5.74, 6) is -2.23. The Morgan fingerprint density at radius 3 is 2.40 bits per heavy atom. The number of amides is 1. The second-order valence-electron chi connectivity index (χ2n) is 2.06. The Hall–Kier alpha value is -0.740. The third-order valence-electron chi connectivity index (χ3n) is 1.27. The van der Waals surface area contributed by atoms with Crippen LogP contribution in [0, 0.1) is 12.3 Å². The molecule has 0 bridgehead atoms. The van der Waals surface area contributed by atoms with Crippen molar-refractivity contribution in [2.24, 2.45) is 5.92 Å². The van der Waals surface area contributed by atoms with E-state index < -0.39 is 18.0 Å². The van der Waals surface area contributed by atoms with Gasteiger partial charge in [0.15, 0.2) is 0 Å². The van der Waals surface area contributed by atoms with E-state index >= 15 is 0 Å². The summed E-state index contributed by atoms with van der Waals surface area (Å²) in [5.41, 5.74) is 0. The van der Waals surface area contributed by atoms with Crippen molar-refractivity contribution >= 4 is 5.91 Å². The highest BCUT2D eigenvalue weighted by Gasteiger charge is 2.44. The van der Waals surface area contributed by atoms with Gasteiger partial charge in [-0.3, -0.25) is 4.79 Å². The lowest BCUT2D eigenvalue weighted by atomic mass is 10.1. The van der Waals surface area contributed by atoms with Gasteiger partial charge < -0.3 is 5.32 Å². The maximum Gasteiger partial charge on any atom is 0.394 e. The molecule has 57 valence electrons. The number of hydrogen-bond acceptors (Lipinski definition) is 1. The van der Waals surface area contributed by atoms with Crippen LogP contribution in [-0.4, -0.2) is 18.6 Å². The summed E-state index contributed by atoms with van der Waals surface area (Å²) < 4.78 is 35.1. The van der Waals surface area contributed by atoms with E-state index in [2.05, 4.69) is 5.32 Å². The van der Waals surface area contributed by atoms with Gasteiger partial charge in [0, 0.05) is 6.54 Å². The quantitative estimate of drug-likeness (QED) is 0.538. The van der Waals surface area contributed by atoms with Gasteiger partial charge in [-0.15, -0.1) is 0 Å². The Labute approximate surface area is 55.4 Å². The van der Waals surface area contributed by atoms with Crippen molar-refractivity contribution in [3.8, 4) is 0 Å². The summed E-state index contributed by atoms with van der Waals surface area (Å²) in [6, 6.07) is 0. The number of rotatable bonds is 0. The molecule has 1 aliphatic rings. The van der Waals surface area contributed by atoms with Gasteiger partial charge in [-0.1, -0.05) is 0 Å². The Morgan fingerprint density at radius 2 is 2.20 bits per heavy atom. The molecular formula is C5H5F3NO. The summed E-state index contributed by atoms with van der Waals surface area (Å²) >= 11 is 0. The highest BCUT2D eigenvalue weighted by Crippen LogP contribution is 2.29. The summed E-state index contributed by atoms with van der Waals surface area (Å²) in [7, 11) is 0. The third kappa shape index (κ3) is 1.40. The Morgan fingerprint density at radius 1 is 1.60 bits per heavy atom. The first-order chi connectivity index (χ1) is 4.50. The van der Waals surface area contributed by atoms with Gasteiger partial charge >= 0.3 is 6.18 Å². The zero-order valence-corrected chi connectivity index (χ0v) is 4.90. The maximum atomic E-state index is 11.7. The molecule has 1 unspecified atom stereocenters. The van der Waals surface area contributed by atoms with Crippen molar-refractivity contribution < 1.29 is 18.0 Å². The minimum atomic E-state index is -4.28. The lowest BCUT2D eigenvalue weighted by molar-refractivity contribution is -0.160. The number of carbonyl (C=O) groups excluding carboxylic acids is 1. The smallest absolute Gasteiger partial charge is 0.355 e. The molecule has 1 radical (unpaired) electrons. The number of nitrogens with one attached hydrogen (secondary N) is 1. The van der Waals surface area contributed by atoms with E-state index in [1.807, 2.05) is 0 Å². The zero-order valence-electron chi connectivity index (χ0n) is 4.90. The highest BCUT2D eigenvalue weighted by molar-refractivity contribution is 5.87. The number of halogens is 3. The van der Waals surface area contributed by atoms with E-state index in [1.54, 1.807) is 0 Å². The summed E-state index contributed by atoms with van der Waals surface area (Å²) in [6.45, 7) is -0.317. The summed E-state index contributed by atoms with van der Waals surface area (Å²) in [4.78, 5) is 10.2. The molecule has 0 aromatic carbocycles. The fourth-order valence-electron chi connectivity index (χ4n) is 0.721. The monoisotopic (exact) mass is 152 g/mol. The first kappa shape index (κ1) is 7.37. The number of carbonyl (C=O) groups is 1. The Balaban J connectivity index is 2.53. The molecule has 0 spiro atoms. The molecule has 2 nitrogen and oxygen atoms in total. The molecule has 5 heteroatoms. The molecule has 1 aliphatic heterocycles. The molecule has 10 heavy (non-hydrogen) atoms. The van der Waals surface area contributed by atoms with Gasteiger partial charge in [0.05, 0.1) is 12.3 Å². The predicted octanol–water partition coefficient (Wildman–Crippen LogP) is 0.499. The van der Waals surface area contributed by atoms with Crippen LogP contribution in [0.25, 0.3) is 0 Å². The van der Waals surface area contributed by atoms with Crippen LogP contribution in [0.5, 0.6) is 0 Å². The number of hydrogen-bond donors (Lipinski definition) is 1. The van der Waals surface area contributed by atoms with Crippen LogP contribution in [0.4, 0.5) is 13.2 Å². The zero-order chi connectivity index (χ0) is 7.78. The maximum absolute atomic E-state index is 11.7. The molecule has 1 fully saturated rings. The van der Waals surface area contributed by atoms with E-state index in [-0.39, 0.29) is 6.54 Å². The molecule has 1 rings (SSSR count).